The zero-order valence-corrected chi connectivity index (χ0v) is 13.1. The van der Waals surface area contributed by atoms with E-state index in [-0.39, 0.29) is 5.69 Å². The Morgan fingerprint density at radius 1 is 1.04 bits per heavy atom. The van der Waals surface area contributed by atoms with E-state index in [1.807, 2.05) is 28.8 Å². The lowest BCUT2D eigenvalue weighted by molar-refractivity contribution is 0.224. The molecule has 3 aromatic rings. The van der Waals surface area contributed by atoms with Crippen molar-refractivity contribution in [3.8, 4) is 0 Å². The van der Waals surface area contributed by atoms with Crippen molar-refractivity contribution in [2.75, 3.05) is 6.54 Å². The van der Waals surface area contributed by atoms with Crippen LogP contribution in [0.2, 0.25) is 0 Å². The van der Waals surface area contributed by atoms with Gasteiger partial charge in [-0.3, -0.25) is 9.47 Å². The number of nitrogens with one attached hydrogen (secondary N) is 1. The second kappa shape index (κ2) is 6.05. The van der Waals surface area contributed by atoms with Crippen molar-refractivity contribution >= 4 is 11.0 Å². The van der Waals surface area contributed by atoms with E-state index in [1.54, 1.807) is 0 Å². The van der Waals surface area contributed by atoms with Gasteiger partial charge >= 0.3 is 5.69 Å². The van der Waals surface area contributed by atoms with Gasteiger partial charge in [-0.05, 0) is 37.1 Å². The van der Waals surface area contributed by atoms with Gasteiger partial charge in [0.05, 0.1) is 11.0 Å². The standard InChI is InChI=1S/C19H21N3O/c23-19-20-17-10-4-5-11-18(17)22(19)14-16-9-6-12-21(16)13-15-7-2-1-3-8-15/h1-5,7-8,10-11,16H,6,9,12-14H2,(H,20,23). The Bertz CT molecular complexity index is 850. The van der Waals surface area contributed by atoms with E-state index in [2.05, 4.69) is 40.2 Å². The number of para-hydroxylation sites is 2. The fourth-order valence-electron chi connectivity index (χ4n) is 3.63. The highest BCUT2D eigenvalue weighted by molar-refractivity contribution is 5.74. The Hall–Kier alpha value is -2.33. The molecule has 4 nitrogen and oxygen atoms in total. The normalized spacial score (nSPS) is 18.7. The topological polar surface area (TPSA) is 41.0 Å². The van der Waals surface area contributed by atoms with Crippen LogP contribution in [-0.4, -0.2) is 27.0 Å². The van der Waals surface area contributed by atoms with Gasteiger partial charge in [-0.25, -0.2) is 4.79 Å². The number of fused-ring (bicyclic) bond motifs is 1. The molecule has 4 heteroatoms. The van der Waals surface area contributed by atoms with E-state index >= 15 is 0 Å². The lowest BCUT2D eigenvalue weighted by Crippen LogP contribution is -2.35. The van der Waals surface area contributed by atoms with E-state index in [9.17, 15) is 4.79 Å². The highest BCUT2D eigenvalue weighted by Gasteiger charge is 2.25. The first-order valence-corrected chi connectivity index (χ1v) is 8.27. The highest BCUT2D eigenvalue weighted by Crippen LogP contribution is 2.22. The molecule has 23 heavy (non-hydrogen) atoms. The zero-order valence-electron chi connectivity index (χ0n) is 13.1. The maximum Gasteiger partial charge on any atom is 0.326 e. The van der Waals surface area contributed by atoms with Crippen molar-refractivity contribution in [2.24, 2.45) is 0 Å². The van der Waals surface area contributed by atoms with Crippen LogP contribution in [0.4, 0.5) is 0 Å². The fourth-order valence-corrected chi connectivity index (χ4v) is 3.63. The van der Waals surface area contributed by atoms with Crippen LogP contribution < -0.4 is 5.69 Å². The predicted molar refractivity (Wildman–Crippen MR) is 92.4 cm³/mol. The van der Waals surface area contributed by atoms with Gasteiger partial charge in [0, 0.05) is 19.1 Å². The van der Waals surface area contributed by atoms with Crippen molar-refractivity contribution < 1.29 is 0 Å². The third kappa shape index (κ3) is 2.82. The number of likely N-dealkylation sites (tertiary alicyclic amines) is 1. The highest BCUT2D eigenvalue weighted by atomic mass is 16.1. The minimum atomic E-state index is -0.00207. The summed E-state index contributed by atoms with van der Waals surface area (Å²) in [5, 5.41) is 0. The number of aromatic amines is 1. The lowest BCUT2D eigenvalue weighted by atomic mass is 10.1. The molecule has 118 valence electrons. The molecule has 4 rings (SSSR count). The van der Waals surface area contributed by atoms with Crippen LogP contribution in [0, 0.1) is 0 Å². The molecular formula is C19H21N3O. The van der Waals surface area contributed by atoms with Crippen LogP contribution >= 0.6 is 0 Å². The van der Waals surface area contributed by atoms with Gasteiger partial charge in [-0.1, -0.05) is 42.5 Å². The summed E-state index contributed by atoms with van der Waals surface area (Å²) in [4.78, 5) is 17.7. The van der Waals surface area contributed by atoms with Gasteiger partial charge in [0.25, 0.3) is 0 Å². The van der Waals surface area contributed by atoms with Crippen molar-refractivity contribution in [2.45, 2.75) is 32.0 Å². The minimum Gasteiger partial charge on any atom is -0.306 e. The smallest absolute Gasteiger partial charge is 0.306 e. The van der Waals surface area contributed by atoms with Crippen molar-refractivity contribution in [3.63, 3.8) is 0 Å². The van der Waals surface area contributed by atoms with Crippen LogP contribution in [0.15, 0.2) is 59.4 Å². The van der Waals surface area contributed by atoms with E-state index in [0.29, 0.717) is 6.04 Å². The Morgan fingerprint density at radius 2 is 1.83 bits per heavy atom. The summed E-state index contributed by atoms with van der Waals surface area (Å²) in [7, 11) is 0. The van der Waals surface area contributed by atoms with Crippen molar-refractivity contribution in [1.29, 1.82) is 0 Å². The molecule has 0 aliphatic carbocycles. The molecule has 1 aliphatic rings. The van der Waals surface area contributed by atoms with E-state index in [4.69, 9.17) is 0 Å². The monoisotopic (exact) mass is 307 g/mol. The molecule has 1 fully saturated rings. The van der Waals surface area contributed by atoms with E-state index in [1.165, 1.54) is 12.0 Å². The van der Waals surface area contributed by atoms with Gasteiger partial charge in [-0.15, -0.1) is 0 Å². The Balaban J connectivity index is 1.57. The largest absolute Gasteiger partial charge is 0.326 e. The summed E-state index contributed by atoms with van der Waals surface area (Å²) < 4.78 is 1.89. The van der Waals surface area contributed by atoms with Crippen molar-refractivity contribution in [3.05, 3.63) is 70.6 Å². The maximum absolute atomic E-state index is 12.3. The summed E-state index contributed by atoms with van der Waals surface area (Å²) in [5.74, 6) is 0. The van der Waals surface area contributed by atoms with Crippen LogP contribution in [-0.2, 0) is 13.1 Å². The van der Waals surface area contributed by atoms with Crippen molar-refractivity contribution in [1.82, 2.24) is 14.5 Å². The molecule has 1 aromatic heterocycles. The SMILES string of the molecule is O=c1[nH]c2ccccc2n1CC1CCCN1Cc1ccccc1. The quantitative estimate of drug-likeness (QED) is 0.805. The minimum absolute atomic E-state index is 0.00207. The summed E-state index contributed by atoms with van der Waals surface area (Å²) in [6.07, 6.45) is 2.35. The lowest BCUT2D eigenvalue weighted by Gasteiger charge is -2.24. The maximum atomic E-state index is 12.3. The molecule has 1 unspecified atom stereocenters. The van der Waals surface area contributed by atoms with Gasteiger partial charge in [0.15, 0.2) is 0 Å². The summed E-state index contributed by atoms with van der Waals surface area (Å²) in [5.41, 5.74) is 3.26. The average molecular weight is 307 g/mol. The molecule has 1 saturated heterocycles. The third-order valence-electron chi connectivity index (χ3n) is 4.80. The number of hydrogen-bond acceptors (Lipinski definition) is 2. The number of benzene rings is 2. The first-order valence-electron chi connectivity index (χ1n) is 8.27. The molecule has 1 aliphatic heterocycles. The molecule has 0 saturated carbocycles. The first-order chi connectivity index (χ1) is 11.3. The zero-order chi connectivity index (χ0) is 15.6. The first kappa shape index (κ1) is 14.3. The molecule has 0 spiro atoms. The van der Waals surface area contributed by atoms with Gasteiger partial charge in [0.2, 0.25) is 0 Å². The van der Waals surface area contributed by atoms with E-state index < -0.39 is 0 Å². The van der Waals surface area contributed by atoms with Crippen LogP contribution in [0.5, 0.6) is 0 Å². The molecule has 0 amide bonds. The molecular weight excluding hydrogens is 286 g/mol. The van der Waals surface area contributed by atoms with Gasteiger partial charge < -0.3 is 4.98 Å². The van der Waals surface area contributed by atoms with E-state index in [0.717, 1.165) is 37.1 Å². The summed E-state index contributed by atoms with van der Waals surface area (Å²) in [6.45, 7) is 2.83. The molecule has 2 aromatic carbocycles. The summed E-state index contributed by atoms with van der Waals surface area (Å²) in [6, 6.07) is 18.9. The predicted octanol–water partition coefficient (Wildman–Crippen LogP) is 2.99. The van der Waals surface area contributed by atoms with Crippen LogP contribution in [0.1, 0.15) is 18.4 Å². The molecule has 2 heterocycles. The molecule has 1 atom stereocenters. The number of hydrogen-bond donors (Lipinski definition) is 1. The number of aromatic nitrogens is 2. The second-order valence-electron chi connectivity index (χ2n) is 6.31. The van der Waals surface area contributed by atoms with Crippen LogP contribution in [0.3, 0.4) is 0 Å². The van der Waals surface area contributed by atoms with Crippen LogP contribution in [0.25, 0.3) is 11.0 Å². The molecule has 0 bridgehead atoms. The van der Waals surface area contributed by atoms with Gasteiger partial charge in [0.1, 0.15) is 0 Å². The third-order valence-corrected chi connectivity index (χ3v) is 4.80. The molecule has 1 N–H and O–H groups in total. The Labute approximate surface area is 135 Å². The fraction of sp³-hybridized carbons (Fsp3) is 0.316. The average Bonchev–Trinajstić information content (AvgIpc) is 3.14. The van der Waals surface area contributed by atoms with Gasteiger partial charge in [-0.2, -0.15) is 0 Å². The Kier molecular flexibility index (Phi) is 3.75. The number of imidazole rings is 1. The number of H-pyrrole nitrogens is 1. The number of rotatable bonds is 4. The summed E-state index contributed by atoms with van der Waals surface area (Å²) >= 11 is 0. The second-order valence-corrected chi connectivity index (χ2v) is 6.31. The number of nitrogens with zero attached hydrogens (tertiary/aromatic N) is 2. The molecule has 0 radical (unpaired) electrons. The Morgan fingerprint density at radius 3 is 2.70 bits per heavy atom.